The summed E-state index contributed by atoms with van der Waals surface area (Å²) < 4.78 is 0. The molecular formula is C19H21N3O. The average molecular weight is 307 g/mol. The van der Waals surface area contributed by atoms with E-state index in [1.807, 2.05) is 65.8 Å². The molecule has 0 radical (unpaired) electrons. The van der Waals surface area contributed by atoms with E-state index in [4.69, 9.17) is 0 Å². The van der Waals surface area contributed by atoms with Crippen molar-refractivity contribution >= 4 is 12.0 Å². The molecule has 1 amide bonds. The zero-order chi connectivity index (χ0) is 15.9. The van der Waals surface area contributed by atoms with E-state index >= 15 is 0 Å². The van der Waals surface area contributed by atoms with Gasteiger partial charge < -0.3 is 4.90 Å². The molecule has 3 rings (SSSR count). The van der Waals surface area contributed by atoms with Crippen LogP contribution in [0.4, 0.5) is 0 Å². The SMILES string of the molecule is O=C(/C=C/c1ccccc1)N1CCN(Cc2ccncc2)CC1. The minimum atomic E-state index is 0.0948. The van der Waals surface area contributed by atoms with Crippen LogP contribution in [0.5, 0.6) is 0 Å². The molecule has 0 N–H and O–H groups in total. The lowest BCUT2D eigenvalue weighted by Crippen LogP contribution is -2.47. The van der Waals surface area contributed by atoms with Crippen LogP contribution in [0.25, 0.3) is 6.08 Å². The largest absolute Gasteiger partial charge is 0.337 e. The average Bonchev–Trinajstić information content (AvgIpc) is 2.62. The van der Waals surface area contributed by atoms with Crippen molar-refractivity contribution in [2.45, 2.75) is 6.54 Å². The van der Waals surface area contributed by atoms with Crippen LogP contribution in [0.2, 0.25) is 0 Å². The first-order chi connectivity index (χ1) is 11.3. The van der Waals surface area contributed by atoms with Gasteiger partial charge in [0.2, 0.25) is 5.91 Å². The van der Waals surface area contributed by atoms with Crippen LogP contribution >= 0.6 is 0 Å². The lowest BCUT2D eigenvalue weighted by atomic mass is 10.2. The highest BCUT2D eigenvalue weighted by Crippen LogP contribution is 2.09. The normalized spacial score (nSPS) is 15.9. The number of piperazine rings is 1. The molecule has 1 saturated heterocycles. The van der Waals surface area contributed by atoms with Crippen LogP contribution in [0, 0.1) is 0 Å². The third kappa shape index (κ3) is 4.50. The fourth-order valence-electron chi connectivity index (χ4n) is 2.71. The van der Waals surface area contributed by atoms with Crippen molar-refractivity contribution in [1.82, 2.24) is 14.8 Å². The van der Waals surface area contributed by atoms with Crippen molar-refractivity contribution < 1.29 is 4.79 Å². The maximum atomic E-state index is 12.2. The second-order valence-corrected chi connectivity index (χ2v) is 5.70. The van der Waals surface area contributed by atoms with Gasteiger partial charge in [-0.3, -0.25) is 14.7 Å². The van der Waals surface area contributed by atoms with Crippen molar-refractivity contribution in [3.8, 4) is 0 Å². The Bertz CT molecular complexity index is 647. The molecule has 4 nitrogen and oxygen atoms in total. The molecule has 1 aromatic carbocycles. The fraction of sp³-hybridized carbons (Fsp3) is 0.263. The Labute approximate surface area is 137 Å². The van der Waals surface area contributed by atoms with Gasteiger partial charge in [0.15, 0.2) is 0 Å². The van der Waals surface area contributed by atoms with Crippen LogP contribution in [0.15, 0.2) is 60.9 Å². The molecule has 0 unspecified atom stereocenters. The van der Waals surface area contributed by atoms with Crippen LogP contribution < -0.4 is 0 Å². The summed E-state index contributed by atoms with van der Waals surface area (Å²) in [6.45, 7) is 4.30. The summed E-state index contributed by atoms with van der Waals surface area (Å²) in [5, 5.41) is 0. The van der Waals surface area contributed by atoms with E-state index in [2.05, 4.69) is 9.88 Å². The Balaban J connectivity index is 1.48. The number of carbonyl (C=O) groups is 1. The molecule has 0 bridgehead atoms. The number of benzene rings is 1. The topological polar surface area (TPSA) is 36.4 Å². The second kappa shape index (κ2) is 7.70. The number of rotatable bonds is 4. The third-order valence-electron chi connectivity index (χ3n) is 4.06. The molecule has 1 aliphatic rings. The number of pyridine rings is 1. The van der Waals surface area contributed by atoms with Gasteiger partial charge in [-0.2, -0.15) is 0 Å². The molecule has 1 aromatic heterocycles. The van der Waals surface area contributed by atoms with Gasteiger partial charge >= 0.3 is 0 Å². The van der Waals surface area contributed by atoms with E-state index in [9.17, 15) is 4.79 Å². The van der Waals surface area contributed by atoms with Gasteiger partial charge in [-0.1, -0.05) is 30.3 Å². The Morgan fingerprint density at radius 1 is 1.00 bits per heavy atom. The summed E-state index contributed by atoms with van der Waals surface area (Å²) in [4.78, 5) is 20.6. The molecule has 23 heavy (non-hydrogen) atoms. The molecule has 0 spiro atoms. The van der Waals surface area contributed by atoms with Crippen LogP contribution in [0.1, 0.15) is 11.1 Å². The summed E-state index contributed by atoms with van der Waals surface area (Å²) >= 11 is 0. The van der Waals surface area contributed by atoms with Crippen LogP contribution in [-0.4, -0.2) is 46.9 Å². The van der Waals surface area contributed by atoms with Crippen molar-refractivity contribution in [1.29, 1.82) is 0 Å². The minimum Gasteiger partial charge on any atom is -0.337 e. The van der Waals surface area contributed by atoms with Crippen molar-refractivity contribution in [2.75, 3.05) is 26.2 Å². The first-order valence-corrected chi connectivity index (χ1v) is 7.94. The predicted molar refractivity (Wildman–Crippen MR) is 91.6 cm³/mol. The molecule has 0 atom stereocenters. The standard InChI is InChI=1S/C19H21N3O/c23-19(7-6-17-4-2-1-3-5-17)22-14-12-21(13-15-22)16-18-8-10-20-11-9-18/h1-11H,12-16H2/b7-6+. The smallest absolute Gasteiger partial charge is 0.246 e. The van der Waals surface area contributed by atoms with E-state index in [-0.39, 0.29) is 5.91 Å². The predicted octanol–water partition coefficient (Wildman–Crippen LogP) is 2.44. The molecular weight excluding hydrogens is 286 g/mol. The minimum absolute atomic E-state index is 0.0948. The molecule has 118 valence electrons. The van der Waals surface area contributed by atoms with Gasteiger partial charge in [-0.25, -0.2) is 0 Å². The molecule has 1 aliphatic heterocycles. The number of aromatic nitrogens is 1. The van der Waals surface area contributed by atoms with E-state index in [0.29, 0.717) is 0 Å². The van der Waals surface area contributed by atoms with Gasteiger partial charge in [0.1, 0.15) is 0 Å². The summed E-state index contributed by atoms with van der Waals surface area (Å²) in [7, 11) is 0. The van der Waals surface area contributed by atoms with Gasteiger partial charge in [-0.05, 0) is 29.3 Å². The third-order valence-corrected chi connectivity index (χ3v) is 4.06. The Kier molecular flexibility index (Phi) is 5.17. The first kappa shape index (κ1) is 15.4. The molecule has 0 aliphatic carbocycles. The van der Waals surface area contributed by atoms with Crippen molar-refractivity contribution in [2.24, 2.45) is 0 Å². The van der Waals surface area contributed by atoms with Gasteiger partial charge in [0, 0.05) is 51.2 Å². The van der Waals surface area contributed by atoms with Crippen LogP contribution in [0.3, 0.4) is 0 Å². The van der Waals surface area contributed by atoms with Crippen molar-refractivity contribution in [3.05, 3.63) is 72.1 Å². The van der Waals surface area contributed by atoms with E-state index in [0.717, 1.165) is 38.3 Å². The lowest BCUT2D eigenvalue weighted by Gasteiger charge is -2.34. The summed E-state index contributed by atoms with van der Waals surface area (Å²) in [5.74, 6) is 0.0948. The number of hydrogen-bond donors (Lipinski definition) is 0. The highest BCUT2D eigenvalue weighted by molar-refractivity contribution is 5.91. The summed E-state index contributed by atoms with van der Waals surface area (Å²) in [6.07, 6.45) is 7.20. The molecule has 1 fully saturated rings. The van der Waals surface area contributed by atoms with Gasteiger partial charge in [-0.15, -0.1) is 0 Å². The maximum absolute atomic E-state index is 12.2. The zero-order valence-corrected chi connectivity index (χ0v) is 13.1. The van der Waals surface area contributed by atoms with Crippen molar-refractivity contribution in [3.63, 3.8) is 0 Å². The molecule has 2 aromatic rings. The highest BCUT2D eigenvalue weighted by atomic mass is 16.2. The number of carbonyl (C=O) groups excluding carboxylic acids is 1. The number of amides is 1. The molecule has 2 heterocycles. The highest BCUT2D eigenvalue weighted by Gasteiger charge is 2.19. The monoisotopic (exact) mass is 307 g/mol. The fourth-order valence-corrected chi connectivity index (χ4v) is 2.71. The van der Waals surface area contributed by atoms with Gasteiger partial charge in [0.25, 0.3) is 0 Å². The second-order valence-electron chi connectivity index (χ2n) is 5.70. The number of hydrogen-bond acceptors (Lipinski definition) is 3. The van der Waals surface area contributed by atoms with E-state index in [1.54, 1.807) is 6.08 Å². The first-order valence-electron chi connectivity index (χ1n) is 7.94. The Hall–Kier alpha value is -2.46. The zero-order valence-electron chi connectivity index (χ0n) is 13.1. The van der Waals surface area contributed by atoms with Crippen LogP contribution in [-0.2, 0) is 11.3 Å². The molecule has 0 saturated carbocycles. The Morgan fingerprint density at radius 3 is 2.39 bits per heavy atom. The summed E-state index contributed by atoms with van der Waals surface area (Å²) in [6, 6.07) is 14.0. The quantitative estimate of drug-likeness (QED) is 0.814. The Morgan fingerprint density at radius 2 is 1.70 bits per heavy atom. The van der Waals surface area contributed by atoms with E-state index in [1.165, 1.54) is 5.56 Å². The summed E-state index contributed by atoms with van der Waals surface area (Å²) in [5.41, 5.74) is 2.32. The molecule has 4 heteroatoms. The van der Waals surface area contributed by atoms with E-state index < -0.39 is 0 Å². The lowest BCUT2D eigenvalue weighted by molar-refractivity contribution is -0.127. The van der Waals surface area contributed by atoms with Gasteiger partial charge in [0.05, 0.1) is 0 Å². The maximum Gasteiger partial charge on any atom is 0.246 e. The number of nitrogens with zero attached hydrogens (tertiary/aromatic N) is 3.